The number of esters is 2. The van der Waals surface area contributed by atoms with Crippen molar-refractivity contribution in [1.29, 1.82) is 0 Å². The molecule has 0 aromatic carbocycles. The third kappa shape index (κ3) is 27.9. The Balaban J connectivity index is 2.41. The quantitative estimate of drug-likeness (QED) is 0.0278. The number of carbonyl (C=O) groups excluding carboxylic acids is 2. The van der Waals surface area contributed by atoms with E-state index in [1.165, 1.54) is 57.8 Å². The first-order valence-electron chi connectivity index (χ1n) is 21.9. The first-order chi connectivity index (χ1) is 27.3. The second-order valence-electron chi connectivity index (χ2n) is 14.8. The summed E-state index contributed by atoms with van der Waals surface area (Å²) in [6, 6.07) is 0. The molecule has 0 amide bonds. The maximum absolute atomic E-state index is 12.7. The Morgan fingerprint density at radius 1 is 0.554 bits per heavy atom. The highest BCUT2D eigenvalue weighted by Gasteiger charge is 2.44. The second kappa shape index (κ2) is 36.7. The van der Waals surface area contributed by atoms with Crippen LogP contribution < -0.4 is 0 Å². The number of hydrogen-bond acceptors (Lipinski definition) is 10. The van der Waals surface area contributed by atoms with E-state index in [1.54, 1.807) is 0 Å². The Labute approximate surface area is 339 Å². The zero-order valence-corrected chi connectivity index (χ0v) is 34.9. The molecular weight excluding hydrogens is 712 g/mol. The molecular formula is C46H78O10. The van der Waals surface area contributed by atoms with Crippen LogP contribution in [0.5, 0.6) is 0 Å². The summed E-state index contributed by atoms with van der Waals surface area (Å²) in [6.45, 7) is 3.31. The van der Waals surface area contributed by atoms with Crippen molar-refractivity contribution in [2.45, 2.75) is 198 Å². The van der Waals surface area contributed by atoms with Gasteiger partial charge in [0.2, 0.25) is 0 Å². The first kappa shape index (κ1) is 51.4. The van der Waals surface area contributed by atoms with Gasteiger partial charge in [-0.15, -0.1) is 0 Å². The van der Waals surface area contributed by atoms with E-state index < -0.39 is 55.4 Å². The standard InChI is InChI=1S/C46H78O10/c1-3-5-7-9-11-13-15-17-19-20-21-23-25-27-29-31-33-35-42(49)55-39(38-54-46-45(52)44(51)43(50)40(36-47)56-46)37-53-41(48)34-32-30-28-26-24-22-18-16-14-12-10-8-6-4-2/h11,13,16-19,21,23,27,29,39-40,43-47,50-52H,3-10,12,14-15,20,22,24-26,28,30-38H2,1-2H3/b13-11+,18-16+,19-17+,23-21+,29-27+/t39-,40-,43+,44?,45?,46-/m1/s1. The molecule has 56 heavy (non-hydrogen) atoms. The summed E-state index contributed by atoms with van der Waals surface area (Å²) in [5, 5.41) is 40.0. The van der Waals surface area contributed by atoms with Crippen molar-refractivity contribution in [2.24, 2.45) is 0 Å². The van der Waals surface area contributed by atoms with Crippen LogP contribution in [0.2, 0.25) is 0 Å². The minimum absolute atomic E-state index is 0.150. The molecule has 6 atom stereocenters. The van der Waals surface area contributed by atoms with E-state index in [0.29, 0.717) is 19.3 Å². The highest BCUT2D eigenvalue weighted by molar-refractivity contribution is 5.70. The number of allylic oxidation sites excluding steroid dienone is 10. The van der Waals surface area contributed by atoms with Gasteiger partial charge >= 0.3 is 11.9 Å². The maximum atomic E-state index is 12.7. The Hall–Kier alpha value is -2.60. The van der Waals surface area contributed by atoms with Crippen LogP contribution in [-0.2, 0) is 28.5 Å². The fourth-order valence-electron chi connectivity index (χ4n) is 6.11. The average molecular weight is 791 g/mol. The van der Waals surface area contributed by atoms with Crippen LogP contribution in [0, 0.1) is 0 Å². The molecule has 0 aromatic heterocycles. The van der Waals surface area contributed by atoms with Gasteiger partial charge in [-0.25, -0.2) is 0 Å². The van der Waals surface area contributed by atoms with Crippen molar-refractivity contribution < 1.29 is 49.0 Å². The van der Waals surface area contributed by atoms with Gasteiger partial charge in [-0.3, -0.25) is 9.59 Å². The monoisotopic (exact) mass is 791 g/mol. The summed E-state index contributed by atoms with van der Waals surface area (Å²) in [7, 11) is 0. The van der Waals surface area contributed by atoms with Crippen LogP contribution in [-0.4, -0.2) is 89.0 Å². The van der Waals surface area contributed by atoms with Crippen LogP contribution in [0.3, 0.4) is 0 Å². The normalized spacial score (nSPS) is 21.0. The fourth-order valence-corrected chi connectivity index (χ4v) is 6.11. The van der Waals surface area contributed by atoms with Gasteiger partial charge in [0.05, 0.1) is 13.2 Å². The molecule has 1 heterocycles. The summed E-state index contributed by atoms with van der Waals surface area (Å²) in [5.41, 5.74) is 0. The van der Waals surface area contributed by atoms with Crippen molar-refractivity contribution in [2.75, 3.05) is 19.8 Å². The minimum Gasteiger partial charge on any atom is -0.462 e. The zero-order chi connectivity index (χ0) is 40.9. The van der Waals surface area contributed by atoms with Crippen molar-refractivity contribution in [1.82, 2.24) is 0 Å². The lowest BCUT2D eigenvalue weighted by Crippen LogP contribution is -2.59. The maximum Gasteiger partial charge on any atom is 0.306 e. The molecule has 0 aromatic rings. The van der Waals surface area contributed by atoms with Gasteiger partial charge in [-0.05, 0) is 77.0 Å². The molecule has 2 unspecified atom stereocenters. The van der Waals surface area contributed by atoms with Gasteiger partial charge in [-0.2, -0.15) is 0 Å². The number of aliphatic hydroxyl groups excluding tert-OH is 4. The number of hydrogen-bond donors (Lipinski definition) is 4. The average Bonchev–Trinajstić information content (AvgIpc) is 3.19. The molecule has 4 N–H and O–H groups in total. The first-order valence-corrected chi connectivity index (χ1v) is 21.9. The summed E-state index contributed by atoms with van der Waals surface area (Å²) < 4.78 is 22.1. The SMILES string of the molecule is CCCCC/C=C/C/C=C/C/C=C/C/C=C/CCCC(=O)O[C@H](COC(=O)CCCCCCC/C=C/CCCCCCC)CO[C@@H]1O[C@H](CO)[C@H](O)C(O)C1O. The Bertz CT molecular complexity index is 1100. The summed E-state index contributed by atoms with van der Waals surface area (Å²) >= 11 is 0. The van der Waals surface area contributed by atoms with Crippen LogP contribution >= 0.6 is 0 Å². The molecule has 1 saturated heterocycles. The van der Waals surface area contributed by atoms with Gasteiger partial charge in [0.15, 0.2) is 12.4 Å². The lowest BCUT2D eigenvalue weighted by atomic mass is 9.99. The van der Waals surface area contributed by atoms with Crippen molar-refractivity contribution in [3.05, 3.63) is 60.8 Å². The molecule has 1 aliphatic rings. The third-order valence-electron chi connectivity index (χ3n) is 9.63. The number of ether oxygens (including phenoxy) is 4. The van der Waals surface area contributed by atoms with E-state index in [4.69, 9.17) is 18.9 Å². The van der Waals surface area contributed by atoms with Gasteiger partial charge in [-0.1, -0.05) is 132 Å². The van der Waals surface area contributed by atoms with Crippen molar-refractivity contribution >= 4 is 11.9 Å². The van der Waals surface area contributed by atoms with E-state index in [-0.39, 0.29) is 26.1 Å². The van der Waals surface area contributed by atoms with Gasteiger partial charge in [0.25, 0.3) is 0 Å². The summed E-state index contributed by atoms with van der Waals surface area (Å²) in [5.74, 6) is -0.887. The van der Waals surface area contributed by atoms with E-state index in [0.717, 1.165) is 57.8 Å². The minimum atomic E-state index is -1.61. The molecule has 0 saturated carbocycles. The van der Waals surface area contributed by atoms with Gasteiger partial charge in [0, 0.05) is 12.8 Å². The van der Waals surface area contributed by atoms with E-state index in [2.05, 4.69) is 68.5 Å². The van der Waals surface area contributed by atoms with Gasteiger partial charge < -0.3 is 39.4 Å². The topological polar surface area (TPSA) is 152 Å². The summed E-state index contributed by atoms with van der Waals surface area (Å²) in [6.07, 6.45) is 36.6. The predicted molar refractivity (Wildman–Crippen MR) is 224 cm³/mol. The van der Waals surface area contributed by atoms with Crippen LogP contribution in [0.25, 0.3) is 0 Å². The molecule has 1 aliphatic heterocycles. The second-order valence-corrected chi connectivity index (χ2v) is 14.8. The smallest absolute Gasteiger partial charge is 0.306 e. The highest BCUT2D eigenvalue weighted by atomic mass is 16.7. The molecule has 0 spiro atoms. The lowest BCUT2D eigenvalue weighted by molar-refractivity contribution is -0.305. The van der Waals surface area contributed by atoms with Gasteiger partial charge in [0.1, 0.15) is 31.0 Å². The van der Waals surface area contributed by atoms with Crippen molar-refractivity contribution in [3.63, 3.8) is 0 Å². The van der Waals surface area contributed by atoms with Crippen molar-refractivity contribution in [3.8, 4) is 0 Å². The van der Waals surface area contributed by atoms with E-state index >= 15 is 0 Å². The van der Waals surface area contributed by atoms with E-state index in [9.17, 15) is 30.0 Å². The molecule has 0 radical (unpaired) electrons. The highest BCUT2D eigenvalue weighted by Crippen LogP contribution is 2.22. The molecule has 0 aliphatic carbocycles. The molecule has 322 valence electrons. The zero-order valence-electron chi connectivity index (χ0n) is 34.9. The van der Waals surface area contributed by atoms with Crippen LogP contribution in [0.15, 0.2) is 60.8 Å². The predicted octanol–water partition coefficient (Wildman–Crippen LogP) is 9.05. The molecule has 1 rings (SSSR count). The summed E-state index contributed by atoms with van der Waals surface area (Å²) in [4.78, 5) is 25.3. The Morgan fingerprint density at radius 2 is 1.02 bits per heavy atom. The number of carbonyl (C=O) groups is 2. The van der Waals surface area contributed by atoms with E-state index in [1.807, 2.05) is 6.08 Å². The number of rotatable bonds is 35. The molecule has 0 bridgehead atoms. The molecule has 1 fully saturated rings. The Kier molecular flexibility index (Phi) is 33.7. The largest absolute Gasteiger partial charge is 0.462 e. The molecule has 10 heteroatoms. The Morgan fingerprint density at radius 3 is 1.61 bits per heavy atom. The van der Waals surface area contributed by atoms with Crippen LogP contribution in [0.1, 0.15) is 162 Å². The lowest BCUT2D eigenvalue weighted by Gasteiger charge is -2.39. The fraction of sp³-hybridized carbons (Fsp3) is 0.739. The molecule has 10 nitrogen and oxygen atoms in total. The number of unbranched alkanes of at least 4 members (excludes halogenated alkanes) is 14. The van der Waals surface area contributed by atoms with Crippen LogP contribution in [0.4, 0.5) is 0 Å². The number of aliphatic hydroxyl groups is 4. The third-order valence-corrected chi connectivity index (χ3v) is 9.63.